The topological polar surface area (TPSA) is 54.5 Å². The Morgan fingerprint density at radius 2 is 2.00 bits per heavy atom. The van der Waals surface area contributed by atoms with E-state index in [4.69, 9.17) is 0 Å². The standard InChI is InChI=1S/C16H27NO3S/c1-6-7-21(19,20)12(2)14(18)17-11-16(5)9-13(17)8-15(3,4)10-16/h6,12-13H,1,7-11H2,2-5H3. The van der Waals surface area contributed by atoms with Gasteiger partial charge in [0, 0.05) is 12.6 Å². The van der Waals surface area contributed by atoms with Gasteiger partial charge in [-0.05, 0) is 37.0 Å². The zero-order chi connectivity index (χ0) is 16.1. The number of carbonyl (C=O) groups is 1. The molecule has 4 nitrogen and oxygen atoms in total. The lowest BCUT2D eigenvalue weighted by molar-refractivity contribution is -0.131. The van der Waals surface area contributed by atoms with Crippen LogP contribution in [0.2, 0.25) is 0 Å². The lowest BCUT2D eigenvalue weighted by Crippen LogP contribution is -2.45. The number of hydrogen-bond donors (Lipinski definition) is 0. The Bertz CT molecular complexity index is 552. The second-order valence-electron chi connectivity index (χ2n) is 7.94. The maximum absolute atomic E-state index is 12.7. The van der Waals surface area contributed by atoms with Crippen LogP contribution in [0.25, 0.3) is 0 Å². The minimum atomic E-state index is -3.43. The Morgan fingerprint density at radius 3 is 2.57 bits per heavy atom. The number of rotatable bonds is 4. The van der Waals surface area contributed by atoms with Crippen LogP contribution < -0.4 is 0 Å². The molecule has 2 rings (SSSR count). The number of nitrogens with zero attached hydrogens (tertiary/aromatic N) is 1. The molecule has 2 bridgehead atoms. The van der Waals surface area contributed by atoms with Gasteiger partial charge in [-0.3, -0.25) is 4.79 Å². The van der Waals surface area contributed by atoms with Gasteiger partial charge in [0.25, 0.3) is 0 Å². The minimum absolute atomic E-state index is 0.129. The highest BCUT2D eigenvalue weighted by molar-refractivity contribution is 7.92. The zero-order valence-corrected chi connectivity index (χ0v) is 14.4. The third-order valence-corrected chi connectivity index (χ3v) is 6.91. The number of hydrogen-bond acceptors (Lipinski definition) is 3. The molecule has 1 amide bonds. The van der Waals surface area contributed by atoms with Crippen LogP contribution in [0.4, 0.5) is 0 Å². The smallest absolute Gasteiger partial charge is 0.240 e. The largest absolute Gasteiger partial charge is 0.338 e. The van der Waals surface area contributed by atoms with Crippen LogP contribution >= 0.6 is 0 Å². The van der Waals surface area contributed by atoms with Crippen molar-refractivity contribution in [3.63, 3.8) is 0 Å². The Balaban J connectivity index is 2.20. The molecule has 1 saturated carbocycles. The van der Waals surface area contributed by atoms with E-state index in [1.165, 1.54) is 13.0 Å². The molecule has 0 radical (unpaired) electrons. The average molecular weight is 313 g/mol. The fourth-order valence-corrected chi connectivity index (χ4v) is 5.47. The van der Waals surface area contributed by atoms with E-state index in [2.05, 4.69) is 27.4 Å². The van der Waals surface area contributed by atoms with E-state index in [0.717, 1.165) is 19.3 Å². The predicted molar refractivity (Wildman–Crippen MR) is 84.7 cm³/mol. The van der Waals surface area contributed by atoms with Crippen molar-refractivity contribution in [3.8, 4) is 0 Å². The summed E-state index contributed by atoms with van der Waals surface area (Å²) < 4.78 is 24.2. The van der Waals surface area contributed by atoms with Gasteiger partial charge < -0.3 is 4.90 Å². The monoisotopic (exact) mass is 313 g/mol. The van der Waals surface area contributed by atoms with E-state index in [9.17, 15) is 13.2 Å². The summed E-state index contributed by atoms with van der Waals surface area (Å²) in [6.45, 7) is 12.4. The van der Waals surface area contributed by atoms with E-state index in [-0.39, 0.29) is 28.5 Å². The second kappa shape index (κ2) is 5.11. The third kappa shape index (κ3) is 3.17. The summed E-state index contributed by atoms with van der Waals surface area (Å²) in [5.41, 5.74) is 0.347. The van der Waals surface area contributed by atoms with Crippen LogP contribution in [-0.4, -0.2) is 42.8 Å². The van der Waals surface area contributed by atoms with Crippen molar-refractivity contribution in [2.75, 3.05) is 12.3 Å². The van der Waals surface area contributed by atoms with Gasteiger partial charge in [0.15, 0.2) is 9.84 Å². The first-order chi connectivity index (χ1) is 9.50. The second-order valence-corrected chi connectivity index (χ2v) is 10.3. The molecular formula is C16H27NO3S. The molecule has 120 valence electrons. The van der Waals surface area contributed by atoms with Crippen molar-refractivity contribution in [1.82, 2.24) is 4.90 Å². The first-order valence-electron chi connectivity index (χ1n) is 7.63. The molecular weight excluding hydrogens is 286 g/mol. The lowest BCUT2D eigenvalue weighted by atomic mass is 9.65. The van der Waals surface area contributed by atoms with Crippen LogP contribution in [0.5, 0.6) is 0 Å². The van der Waals surface area contributed by atoms with Crippen LogP contribution in [0.1, 0.15) is 47.0 Å². The SMILES string of the molecule is C=CCS(=O)(=O)C(C)C(=O)N1CC2(C)CC1CC(C)(C)C2. The predicted octanol–water partition coefficient (Wildman–Crippen LogP) is 2.40. The number of fused-ring (bicyclic) bond motifs is 2. The number of amides is 1. The van der Waals surface area contributed by atoms with Gasteiger partial charge in [-0.15, -0.1) is 6.58 Å². The Morgan fingerprint density at radius 1 is 1.38 bits per heavy atom. The Hall–Kier alpha value is -0.840. The van der Waals surface area contributed by atoms with Crippen LogP contribution in [0.15, 0.2) is 12.7 Å². The van der Waals surface area contributed by atoms with Crippen molar-refractivity contribution in [2.24, 2.45) is 10.8 Å². The van der Waals surface area contributed by atoms with Crippen molar-refractivity contribution in [1.29, 1.82) is 0 Å². The van der Waals surface area contributed by atoms with Crippen molar-refractivity contribution in [3.05, 3.63) is 12.7 Å². The highest BCUT2D eigenvalue weighted by atomic mass is 32.2. The van der Waals surface area contributed by atoms with Crippen LogP contribution in [-0.2, 0) is 14.6 Å². The van der Waals surface area contributed by atoms with Gasteiger partial charge in [-0.25, -0.2) is 8.42 Å². The maximum Gasteiger partial charge on any atom is 0.240 e. The van der Waals surface area contributed by atoms with E-state index >= 15 is 0 Å². The zero-order valence-electron chi connectivity index (χ0n) is 13.6. The number of carbonyl (C=O) groups excluding carboxylic acids is 1. The van der Waals surface area contributed by atoms with Gasteiger partial charge in [0.05, 0.1) is 5.75 Å². The molecule has 1 heterocycles. The number of likely N-dealkylation sites (tertiary alicyclic amines) is 1. The van der Waals surface area contributed by atoms with Gasteiger partial charge in [-0.1, -0.05) is 26.8 Å². The fourth-order valence-electron chi connectivity index (χ4n) is 4.41. The molecule has 1 aliphatic heterocycles. The molecule has 0 N–H and O–H groups in total. The summed E-state index contributed by atoms with van der Waals surface area (Å²) >= 11 is 0. The lowest BCUT2D eigenvalue weighted by Gasteiger charge is -2.39. The molecule has 0 spiro atoms. The van der Waals surface area contributed by atoms with Crippen LogP contribution in [0, 0.1) is 10.8 Å². The van der Waals surface area contributed by atoms with Crippen molar-refractivity contribution >= 4 is 15.7 Å². The van der Waals surface area contributed by atoms with E-state index in [1.807, 2.05) is 4.90 Å². The molecule has 3 atom stereocenters. The first kappa shape index (κ1) is 16.5. The third-order valence-electron chi connectivity index (χ3n) is 4.93. The Kier molecular flexibility index (Phi) is 4.02. The summed E-state index contributed by atoms with van der Waals surface area (Å²) in [6.07, 6.45) is 4.40. The highest BCUT2D eigenvalue weighted by Gasteiger charge is 2.52. The van der Waals surface area contributed by atoms with Crippen molar-refractivity contribution < 1.29 is 13.2 Å². The van der Waals surface area contributed by atoms with Crippen LogP contribution in [0.3, 0.4) is 0 Å². The van der Waals surface area contributed by atoms with Gasteiger partial charge >= 0.3 is 0 Å². The molecule has 1 aliphatic carbocycles. The molecule has 0 aromatic carbocycles. The summed E-state index contributed by atoms with van der Waals surface area (Å²) in [5.74, 6) is -0.371. The normalized spacial score (nSPS) is 32.8. The molecule has 0 aromatic rings. The summed E-state index contributed by atoms with van der Waals surface area (Å²) in [7, 11) is -3.43. The van der Waals surface area contributed by atoms with E-state index < -0.39 is 15.1 Å². The van der Waals surface area contributed by atoms with Gasteiger partial charge in [-0.2, -0.15) is 0 Å². The number of sulfone groups is 1. The van der Waals surface area contributed by atoms with Crippen molar-refractivity contribution in [2.45, 2.75) is 58.2 Å². The molecule has 1 saturated heterocycles. The molecule has 0 aromatic heterocycles. The quantitative estimate of drug-likeness (QED) is 0.749. The first-order valence-corrected chi connectivity index (χ1v) is 9.34. The van der Waals surface area contributed by atoms with E-state index in [0.29, 0.717) is 6.54 Å². The molecule has 2 fully saturated rings. The molecule has 3 unspecified atom stereocenters. The average Bonchev–Trinajstić information content (AvgIpc) is 2.56. The highest BCUT2D eigenvalue weighted by Crippen LogP contribution is 2.52. The van der Waals surface area contributed by atoms with Gasteiger partial charge in [0.1, 0.15) is 5.25 Å². The summed E-state index contributed by atoms with van der Waals surface area (Å²) in [5, 5.41) is -0.971. The summed E-state index contributed by atoms with van der Waals surface area (Å²) in [6, 6.07) is 0.188. The maximum atomic E-state index is 12.7. The Labute approximate surface area is 128 Å². The minimum Gasteiger partial charge on any atom is -0.338 e. The molecule has 21 heavy (non-hydrogen) atoms. The summed E-state index contributed by atoms with van der Waals surface area (Å²) in [4.78, 5) is 14.5. The van der Waals surface area contributed by atoms with Gasteiger partial charge in [0.2, 0.25) is 5.91 Å². The van der Waals surface area contributed by atoms with E-state index in [1.54, 1.807) is 0 Å². The fraction of sp³-hybridized carbons (Fsp3) is 0.812. The molecule has 5 heteroatoms. The molecule has 2 aliphatic rings.